The zero-order valence-electron chi connectivity index (χ0n) is 16.2. The normalized spacial score (nSPS) is 18.1. The number of rotatable bonds is 5. The Balaban J connectivity index is 1.70. The fraction of sp³-hybridized carbons (Fsp3) is 0.217. The number of nitrogens with zero attached hydrogens (tertiary/aromatic N) is 1. The second-order valence-electron chi connectivity index (χ2n) is 7.13. The molecule has 0 radical (unpaired) electrons. The van der Waals surface area contributed by atoms with Crippen LogP contribution in [0.4, 0.5) is 5.69 Å². The van der Waals surface area contributed by atoms with E-state index in [1.165, 1.54) is 5.56 Å². The minimum atomic E-state index is -3.63. The zero-order valence-corrected chi connectivity index (χ0v) is 17.7. The molecule has 6 heteroatoms. The van der Waals surface area contributed by atoms with Gasteiger partial charge in [-0.05, 0) is 53.8 Å². The van der Waals surface area contributed by atoms with Crippen LogP contribution in [0.25, 0.3) is 0 Å². The average molecular weight is 427 g/mol. The maximum Gasteiger partial charge on any atom is 0.247 e. The van der Waals surface area contributed by atoms with Crippen LogP contribution in [0.1, 0.15) is 29.8 Å². The Morgan fingerprint density at radius 2 is 1.59 bits per heavy atom. The van der Waals surface area contributed by atoms with Gasteiger partial charge in [0, 0.05) is 11.6 Å². The van der Waals surface area contributed by atoms with Crippen LogP contribution in [0.2, 0.25) is 5.02 Å². The van der Waals surface area contributed by atoms with Crippen molar-refractivity contribution in [1.29, 1.82) is 0 Å². The molecule has 0 aromatic heterocycles. The maximum atomic E-state index is 13.5. The largest absolute Gasteiger partial charge is 0.364 e. The van der Waals surface area contributed by atoms with Crippen LogP contribution in [0.5, 0.6) is 0 Å². The second-order valence-corrected chi connectivity index (χ2v) is 9.43. The molecule has 0 amide bonds. The lowest BCUT2D eigenvalue weighted by Crippen LogP contribution is -2.43. The van der Waals surface area contributed by atoms with Crippen molar-refractivity contribution >= 4 is 27.3 Å². The predicted molar refractivity (Wildman–Crippen MR) is 118 cm³/mol. The summed E-state index contributed by atoms with van der Waals surface area (Å²) in [5.74, 6) is 0. The summed E-state index contributed by atoms with van der Waals surface area (Å²) in [6.07, 6.45) is 1.09. The molecule has 1 N–H and O–H groups in total. The van der Waals surface area contributed by atoms with Crippen molar-refractivity contribution < 1.29 is 8.42 Å². The first kappa shape index (κ1) is 20.0. The molecule has 0 aliphatic carbocycles. The van der Waals surface area contributed by atoms with E-state index in [1.54, 1.807) is 16.4 Å². The van der Waals surface area contributed by atoms with Crippen molar-refractivity contribution in [2.24, 2.45) is 0 Å². The van der Waals surface area contributed by atoms with Crippen molar-refractivity contribution in [2.75, 3.05) is 11.9 Å². The van der Waals surface area contributed by atoms with Gasteiger partial charge in [-0.2, -0.15) is 4.31 Å². The van der Waals surface area contributed by atoms with Crippen molar-refractivity contribution in [3.63, 3.8) is 0 Å². The van der Waals surface area contributed by atoms with Crippen LogP contribution in [-0.2, 0) is 22.9 Å². The minimum Gasteiger partial charge on any atom is -0.364 e. The molecule has 0 saturated carbocycles. The number of fused-ring (bicyclic) bond motifs is 1. The smallest absolute Gasteiger partial charge is 0.247 e. The van der Waals surface area contributed by atoms with Crippen LogP contribution in [-0.4, -0.2) is 19.3 Å². The highest BCUT2D eigenvalue weighted by Crippen LogP contribution is 2.38. The molecule has 4 rings (SSSR count). The summed E-state index contributed by atoms with van der Waals surface area (Å²) >= 11 is 5.97. The van der Waals surface area contributed by atoms with Gasteiger partial charge in [-0.15, -0.1) is 0 Å². The van der Waals surface area contributed by atoms with Gasteiger partial charge in [-0.25, -0.2) is 8.42 Å². The summed E-state index contributed by atoms with van der Waals surface area (Å²) in [4.78, 5) is 0.317. The van der Waals surface area contributed by atoms with E-state index in [-0.39, 0.29) is 0 Å². The van der Waals surface area contributed by atoms with Crippen LogP contribution in [0.15, 0.2) is 77.7 Å². The summed E-state index contributed by atoms with van der Waals surface area (Å²) in [6, 6.07) is 22.7. The van der Waals surface area contributed by atoms with Crippen LogP contribution in [0.3, 0.4) is 0 Å². The lowest BCUT2D eigenvalue weighted by molar-refractivity contribution is 0.345. The number of aryl methyl sites for hydroxylation is 1. The number of benzene rings is 3. The number of nitrogens with one attached hydrogen (secondary N) is 1. The number of sulfonamides is 1. The Kier molecular flexibility index (Phi) is 5.63. The first-order valence-electron chi connectivity index (χ1n) is 9.70. The number of halogens is 1. The van der Waals surface area contributed by atoms with Crippen molar-refractivity contribution in [3.05, 3.63) is 94.5 Å². The molecule has 3 aromatic rings. The van der Waals surface area contributed by atoms with E-state index in [0.717, 1.165) is 17.5 Å². The third-order valence-corrected chi connectivity index (χ3v) is 7.47. The molecule has 0 bridgehead atoms. The SMILES string of the molecule is CCc1ccc([C@@H]2Nc3ccccc3S(=O)(=O)N2CCc2ccc(Cl)cc2)cc1. The molecule has 0 spiro atoms. The summed E-state index contributed by atoms with van der Waals surface area (Å²) < 4.78 is 28.5. The van der Waals surface area contributed by atoms with Crippen molar-refractivity contribution in [3.8, 4) is 0 Å². The van der Waals surface area contributed by atoms with Crippen molar-refractivity contribution in [1.82, 2.24) is 4.31 Å². The number of hydrogen-bond acceptors (Lipinski definition) is 3. The van der Waals surface area contributed by atoms with Gasteiger partial charge in [0.25, 0.3) is 0 Å². The third-order valence-electron chi connectivity index (χ3n) is 5.29. The molecule has 0 unspecified atom stereocenters. The molecule has 1 heterocycles. The summed E-state index contributed by atoms with van der Waals surface area (Å²) in [5.41, 5.74) is 3.83. The molecule has 1 aliphatic heterocycles. The lowest BCUT2D eigenvalue weighted by atomic mass is 10.1. The van der Waals surface area contributed by atoms with E-state index in [0.29, 0.717) is 28.6 Å². The average Bonchev–Trinajstić information content (AvgIpc) is 2.74. The summed E-state index contributed by atoms with van der Waals surface area (Å²) in [7, 11) is -3.63. The van der Waals surface area contributed by atoms with E-state index in [9.17, 15) is 8.42 Å². The zero-order chi connectivity index (χ0) is 20.4. The highest BCUT2D eigenvalue weighted by atomic mass is 35.5. The molecule has 3 aromatic carbocycles. The van der Waals surface area contributed by atoms with E-state index in [1.807, 2.05) is 48.5 Å². The molecule has 29 heavy (non-hydrogen) atoms. The molecule has 0 fully saturated rings. The maximum absolute atomic E-state index is 13.5. The Hall–Kier alpha value is -2.34. The molecule has 1 atom stereocenters. The molecular weight excluding hydrogens is 404 g/mol. The van der Waals surface area contributed by atoms with E-state index in [4.69, 9.17) is 11.6 Å². The fourth-order valence-electron chi connectivity index (χ4n) is 3.62. The Labute approximate surface area is 177 Å². The molecule has 4 nitrogen and oxygen atoms in total. The highest BCUT2D eigenvalue weighted by molar-refractivity contribution is 7.89. The molecule has 0 saturated heterocycles. The Morgan fingerprint density at radius 3 is 2.28 bits per heavy atom. The predicted octanol–water partition coefficient (Wildman–Crippen LogP) is 5.26. The fourth-order valence-corrected chi connectivity index (χ4v) is 5.44. The number of hydrogen-bond donors (Lipinski definition) is 1. The molecule has 1 aliphatic rings. The lowest BCUT2D eigenvalue weighted by Gasteiger charge is -2.37. The highest BCUT2D eigenvalue weighted by Gasteiger charge is 2.38. The standard InChI is InChI=1S/C23H23ClN2O2S/c1-2-17-7-11-19(12-8-17)23-25-21-5-3-4-6-22(21)29(27,28)26(23)16-15-18-9-13-20(24)14-10-18/h3-14,23,25H,2,15-16H2,1H3/t23-/m1/s1. The number of para-hydroxylation sites is 1. The van der Waals surface area contributed by atoms with Gasteiger partial charge < -0.3 is 5.32 Å². The summed E-state index contributed by atoms with van der Waals surface area (Å²) in [6.45, 7) is 2.47. The van der Waals surface area contributed by atoms with Crippen LogP contribution in [0, 0.1) is 0 Å². The third kappa shape index (κ3) is 4.04. The Morgan fingerprint density at radius 1 is 0.931 bits per heavy atom. The first-order chi connectivity index (χ1) is 14.0. The molecule has 150 valence electrons. The summed E-state index contributed by atoms with van der Waals surface area (Å²) in [5, 5.41) is 4.10. The molecular formula is C23H23ClN2O2S. The number of anilines is 1. The van der Waals surface area contributed by atoms with Crippen LogP contribution < -0.4 is 5.32 Å². The van der Waals surface area contributed by atoms with Gasteiger partial charge in [-0.1, -0.05) is 67.1 Å². The first-order valence-corrected chi connectivity index (χ1v) is 11.5. The quantitative estimate of drug-likeness (QED) is 0.605. The van der Waals surface area contributed by atoms with E-state index in [2.05, 4.69) is 24.4 Å². The van der Waals surface area contributed by atoms with Gasteiger partial charge >= 0.3 is 0 Å². The minimum absolute atomic E-state index is 0.317. The van der Waals surface area contributed by atoms with Crippen LogP contribution >= 0.6 is 11.6 Å². The van der Waals surface area contributed by atoms with Gasteiger partial charge in [-0.3, -0.25) is 0 Å². The van der Waals surface area contributed by atoms with Crippen molar-refractivity contribution in [2.45, 2.75) is 30.8 Å². The van der Waals surface area contributed by atoms with E-state index >= 15 is 0 Å². The van der Waals surface area contributed by atoms with Gasteiger partial charge in [0.2, 0.25) is 10.0 Å². The monoisotopic (exact) mass is 426 g/mol. The van der Waals surface area contributed by atoms with Gasteiger partial charge in [0.15, 0.2) is 0 Å². The van der Waals surface area contributed by atoms with Gasteiger partial charge in [0.1, 0.15) is 11.1 Å². The van der Waals surface area contributed by atoms with Gasteiger partial charge in [0.05, 0.1) is 5.69 Å². The topological polar surface area (TPSA) is 49.4 Å². The van der Waals surface area contributed by atoms with E-state index < -0.39 is 16.2 Å². The Bertz CT molecular complexity index is 1100. The second kappa shape index (κ2) is 8.19.